The summed E-state index contributed by atoms with van der Waals surface area (Å²) in [6.45, 7) is 0.144. The highest BCUT2D eigenvalue weighted by molar-refractivity contribution is 6.30. The fourth-order valence-corrected chi connectivity index (χ4v) is 2.64. The number of aliphatic hydroxyl groups is 1. The van der Waals surface area contributed by atoms with Crippen molar-refractivity contribution >= 4 is 22.8 Å². The molecule has 0 fully saturated rings. The number of rotatable bonds is 3. The van der Waals surface area contributed by atoms with Crippen LogP contribution in [0.2, 0.25) is 5.02 Å². The maximum absolute atomic E-state index is 12.3. The molecular formula is C15H15ClN4O3. The molecule has 1 unspecified atom stereocenters. The topological polar surface area (TPSA) is 82.0 Å². The van der Waals surface area contributed by atoms with E-state index in [-0.39, 0.29) is 12.1 Å². The first kappa shape index (κ1) is 15.5. The lowest BCUT2D eigenvalue weighted by Crippen LogP contribution is -2.37. The van der Waals surface area contributed by atoms with Gasteiger partial charge in [0, 0.05) is 19.1 Å². The van der Waals surface area contributed by atoms with Crippen LogP contribution in [0, 0.1) is 0 Å². The third-order valence-electron chi connectivity index (χ3n) is 3.84. The minimum atomic E-state index is -0.827. The molecular weight excluding hydrogens is 320 g/mol. The van der Waals surface area contributed by atoms with Crippen molar-refractivity contribution in [3.8, 4) is 0 Å². The molecule has 3 rings (SSSR count). The summed E-state index contributed by atoms with van der Waals surface area (Å²) in [7, 11) is 2.97. The Morgan fingerprint density at radius 1 is 1.17 bits per heavy atom. The van der Waals surface area contributed by atoms with E-state index in [9.17, 15) is 14.7 Å². The van der Waals surface area contributed by atoms with Gasteiger partial charge in [-0.2, -0.15) is 0 Å². The van der Waals surface area contributed by atoms with Crippen LogP contribution in [0.3, 0.4) is 0 Å². The minimum Gasteiger partial charge on any atom is -0.387 e. The molecule has 2 heterocycles. The summed E-state index contributed by atoms with van der Waals surface area (Å²) in [5.41, 5.74) is 0.372. The standard InChI is InChI=1S/C15H15ClN4O3/c1-18-13-12(14(22)19(2)15(18)23)20(8-17-13)7-11(21)9-3-5-10(16)6-4-9/h3-6,8,11,21H,7H2,1-2H3. The molecule has 0 aliphatic heterocycles. The number of halogens is 1. The average molecular weight is 335 g/mol. The molecule has 0 saturated carbocycles. The predicted octanol–water partition coefficient (Wildman–Crippen LogP) is 0.821. The summed E-state index contributed by atoms with van der Waals surface area (Å²) in [4.78, 5) is 28.4. The summed E-state index contributed by atoms with van der Waals surface area (Å²) in [5, 5.41) is 10.9. The van der Waals surface area contributed by atoms with Gasteiger partial charge in [-0.15, -0.1) is 0 Å². The van der Waals surface area contributed by atoms with Crippen molar-refractivity contribution in [1.29, 1.82) is 0 Å². The number of fused-ring (bicyclic) bond motifs is 1. The molecule has 7 nitrogen and oxygen atoms in total. The van der Waals surface area contributed by atoms with Gasteiger partial charge in [-0.05, 0) is 17.7 Å². The Labute approximate surface area is 136 Å². The Hall–Kier alpha value is -2.38. The zero-order chi connectivity index (χ0) is 16.7. The van der Waals surface area contributed by atoms with Crippen LogP contribution in [0.1, 0.15) is 11.7 Å². The normalized spacial score (nSPS) is 12.7. The smallest absolute Gasteiger partial charge is 0.332 e. The van der Waals surface area contributed by atoms with Crippen molar-refractivity contribution in [2.24, 2.45) is 14.1 Å². The second-order valence-electron chi connectivity index (χ2n) is 5.34. The van der Waals surface area contributed by atoms with Crippen LogP contribution in [0.25, 0.3) is 11.2 Å². The number of aliphatic hydroxyl groups excluding tert-OH is 1. The van der Waals surface area contributed by atoms with Crippen LogP contribution in [-0.2, 0) is 20.6 Å². The fourth-order valence-electron chi connectivity index (χ4n) is 2.51. The van der Waals surface area contributed by atoms with Crippen molar-refractivity contribution in [2.75, 3.05) is 0 Å². The third kappa shape index (κ3) is 2.58. The minimum absolute atomic E-state index is 0.144. The van der Waals surface area contributed by atoms with Crippen molar-refractivity contribution in [3.05, 3.63) is 62.0 Å². The Morgan fingerprint density at radius 2 is 1.83 bits per heavy atom. The summed E-state index contributed by atoms with van der Waals surface area (Å²) < 4.78 is 3.88. The fraction of sp³-hybridized carbons (Fsp3) is 0.267. The number of hydrogen-bond donors (Lipinski definition) is 1. The molecule has 1 aromatic carbocycles. The molecule has 8 heteroatoms. The number of hydrogen-bond acceptors (Lipinski definition) is 4. The number of benzene rings is 1. The molecule has 120 valence electrons. The first-order valence-electron chi connectivity index (χ1n) is 6.94. The van der Waals surface area contributed by atoms with Gasteiger partial charge in [0.15, 0.2) is 11.2 Å². The highest BCUT2D eigenvalue weighted by Gasteiger charge is 2.17. The van der Waals surface area contributed by atoms with E-state index in [0.29, 0.717) is 16.2 Å². The molecule has 2 aromatic heterocycles. The van der Waals surface area contributed by atoms with Crippen molar-refractivity contribution < 1.29 is 5.11 Å². The SMILES string of the molecule is Cn1c(=O)c2c(ncn2CC(O)c2ccc(Cl)cc2)n(C)c1=O. The van der Waals surface area contributed by atoms with Crippen LogP contribution in [-0.4, -0.2) is 23.8 Å². The van der Waals surface area contributed by atoms with E-state index >= 15 is 0 Å². The van der Waals surface area contributed by atoms with Gasteiger partial charge in [0.05, 0.1) is 19.0 Å². The maximum Gasteiger partial charge on any atom is 0.332 e. The third-order valence-corrected chi connectivity index (χ3v) is 4.09. The average Bonchev–Trinajstić information content (AvgIpc) is 2.95. The molecule has 0 spiro atoms. The predicted molar refractivity (Wildman–Crippen MR) is 86.6 cm³/mol. The lowest BCUT2D eigenvalue weighted by Gasteiger charge is -2.13. The van der Waals surface area contributed by atoms with Gasteiger partial charge >= 0.3 is 5.69 Å². The zero-order valence-electron chi connectivity index (χ0n) is 12.6. The van der Waals surface area contributed by atoms with Gasteiger partial charge in [0.1, 0.15) is 0 Å². The quantitative estimate of drug-likeness (QED) is 0.769. The summed E-state index contributed by atoms with van der Waals surface area (Å²) in [6.07, 6.45) is 0.622. The van der Waals surface area contributed by atoms with Crippen molar-refractivity contribution in [2.45, 2.75) is 12.6 Å². The Kier molecular flexibility index (Phi) is 3.83. The summed E-state index contributed by atoms with van der Waals surface area (Å²) in [5.74, 6) is 0. The van der Waals surface area contributed by atoms with E-state index in [1.165, 1.54) is 17.9 Å². The van der Waals surface area contributed by atoms with Gasteiger partial charge in [0.25, 0.3) is 5.56 Å². The van der Waals surface area contributed by atoms with Gasteiger partial charge in [0.2, 0.25) is 0 Å². The number of nitrogens with zero attached hydrogens (tertiary/aromatic N) is 4. The number of imidazole rings is 1. The lowest BCUT2D eigenvalue weighted by atomic mass is 10.1. The van der Waals surface area contributed by atoms with E-state index in [1.807, 2.05) is 0 Å². The van der Waals surface area contributed by atoms with Crippen LogP contribution in [0.15, 0.2) is 40.2 Å². The van der Waals surface area contributed by atoms with Crippen LogP contribution < -0.4 is 11.2 Å². The molecule has 0 saturated heterocycles. The highest BCUT2D eigenvalue weighted by Crippen LogP contribution is 2.19. The molecule has 3 aromatic rings. The van der Waals surface area contributed by atoms with Crippen LogP contribution >= 0.6 is 11.6 Å². The molecule has 0 amide bonds. The second kappa shape index (κ2) is 5.68. The maximum atomic E-state index is 12.3. The molecule has 23 heavy (non-hydrogen) atoms. The first-order chi connectivity index (χ1) is 10.9. The van der Waals surface area contributed by atoms with Gasteiger partial charge < -0.3 is 9.67 Å². The molecule has 0 bridgehead atoms. The largest absolute Gasteiger partial charge is 0.387 e. The highest BCUT2D eigenvalue weighted by atomic mass is 35.5. The van der Waals surface area contributed by atoms with E-state index in [0.717, 1.165) is 4.57 Å². The first-order valence-corrected chi connectivity index (χ1v) is 7.32. The van der Waals surface area contributed by atoms with Crippen molar-refractivity contribution in [1.82, 2.24) is 18.7 Å². The van der Waals surface area contributed by atoms with Crippen LogP contribution in [0.4, 0.5) is 0 Å². The Bertz CT molecular complexity index is 985. The summed E-state index contributed by atoms with van der Waals surface area (Å²) >= 11 is 5.83. The molecule has 1 atom stereocenters. The number of aromatic nitrogens is 4. The van der Waals surface area contributed by atoms with Gasteiger partial charge in [-0.25, -0.2) is 9.78 Å². The van der Waals surface area contributed by atoms with Crippen molar-refractivity contribution in [3.63, 3.8) is 0 Å². The van der Waals surface area contributed by atoms with E-state index in [4.69, 9.17) is 11.6 Å². The van der Waals surface area contributed by atoms with Gasteiger partial charge in [-0.1, -0.05) is 23.7 Å². The Balaban J connectivity index is 2.06. The molecule has 0 radical (unpaired) electrons. The van der Waals surface area contributed by atoms with E-state index < -0.39 is 17.4 Å². The summed E-state index contributed by atoms with van der Waals surface area (Å²) in [6, 6.07) is 6.82. The monoisotopic (exact) mass is 334 g/mol. The van der Waals surface area contributed by atoms with E-state index in [1.54, 1.807) is 35.9 Å². The second-order valence-corrected chi connectivity index (χ2v) is 5.78. The number of aryl methyl sites for hydroxylation is 1. The molecule has 0 aliphatic rings. The van der Waals surface area contributed by atoms with Gasteiger partial charge in [-0.3, -0.25) is 13.9 Å². The zero-order valence-corrected chi connectivity index (χ0v) is 13.4. The molecule has 0 aliphatic carbocycles. The molecule has 1 N–H and O–H groups in total. The Morgan fingerprint density at radius 3 is 2.48 bits per heavy atom. The lowest BCUT2D eigenvalue weighted by molar-refractivity contribution is 0.158. The van der Waals surface area contributed by atoms with E-state index in [2.05, 4.69) is 4.98 Å². The van der Waals surface area contributed by atoms with Crippen LogP contribution in [0.5, 0.6) is 0 Å².